The van der Waals surface area contributed by atoms with Crippen LogP contribution in [0.4, 0.5) is 0 Å². The summed E-state index contributed by atoms with van der Waals surface area (Å²) >= 11 is 0. The lowest BCUT2D eigenvalue weighted by Gasteiger charge is -2.28. The highest BCUT2D eigenvalue weighted by Gasteiger charge is 2.32. The van der Waals surface area contributed by atoms with Crippen LogP contribution in [0.25, 0.3) is 0 Å². The number of hydrogen-bond donors (Lipinski definition) is 2. The summed E-state index contributed by atoms with van der Waals surface area (Å²) in [6.45, 7) is 0.818. The summed E-state index contributed by atoms with van der Waals surface area (Å²) in [4.78, 5) is 0. The molecule has 3 rings (SSSR count). The zero-order valence-electron chi connectivity index (χ0n) is 10.6. The third-order valence-electron chi connectivity index (χ3n) is 4.03. The molecule has 2 unspecified atom stereocenters. The summed E-state index contributed by atoms with van der Waals surface area (Å²) in [7, 11) is 0. The lowest BCUT2D eigenvalue weighted by atomic mass is 9.91. The number of nitrogens with two attached hydrogens (primary N) is 1. The van der Waals surface area contributed by atoms with Gasteiger partial charge in [0.2, 0.25) is 0 Å². The largest absolute Gasteiger partial charge is 0.497 e. The summed E-state index contributed by atoms with van der Waals surface area (Å²) in [5.41, 5.74) is 5.85. The molecule has 0 aromatic heterocycles. The SMILES string of the molecule is NNC(C1=CCCCO1)C1CCc2ccccc21. The molecule has 0 radical (unpaired) electrons. The molecule has 2 aliphatic rings. The van der Waals surface area contributed by atoms with Gasteiger partial charge in [-0.15, -0.1) is 0 Å². The lowest BCUT2D eigenvalue weighted by Crippen LogP contribution is -2.42. The quantitative estimate of drug-likeness (QED) is 0.633. The Balaban J connectivity index is 1.87. The number of fused-ring (bicyclic) bond motifs is 1. The van der Waals surface area contributed by atoms with E-state index >= 15 is 0 Å². The Morgan fingerprint density at radius 1 is 1.33 bits per heavy atom. The molecule has 18 heavy (non-hydrogen) atoms. The van der Waals surface area contributed by atoms with Crippen LogP contribution in [0.15, 0.2) is 36.1 Å². The smallest absolute Gasteiger partial charge is 0.111 e. The zero-order chi connectivity index (χ0) is 12.4. The highest BCUT2D eigenvalue weighted by molar-refractivity contribution is 5.37. The fourth-order valence-electron chi connectivity index (χ4n) is 3.13. The van der Waals surface area contributed by atoms with E-state index in [2.05, 4.69) is 35.8 Å². The molecule has 1 aromatic rings. The van der Waals surface area contributed by atoms with Crippen molar-refractivity contribution in [3.63, 3.8) is 0 Å². The second-order valence-electron chi connectivity index (χ2n) is 5.09. The minimum absolute atomic E-state index is 0.119. The van der Waals surface area contributed by atoms with Crippen molar-refractivity contribution in [1.29, 1.82) is 0 Å². The number of hydrazine groups is 1. The number of allylic oxidation sites excluding steroid dienone is 1. The molecule has 1 aliphatic carbocycles. The molecule has 0 bridgehead atoms. The van der Waals surface area contributed by atoms with Crippen molar-refractivity contribution in [2.24, 2.45) is 5.84 Å². The first-order chi connectivity index (χ1) is 8.90. The molecule has 0 saturated carbocycles. The molecular weight excluding hydrogens is 224 g/mol. The average Bonchev–Trinajstić information content (AvgIpc) is 2.85. The molecule has 0 amide bonds. The molecule has 0 spiro atoms. The third-order valence-corrected chi connectivity index (χ3v) is 4.03. The first-order valence-corrected chi connectivity index (χ1v) is 6.77. The molecule has 3 nitrogen and oxygen atoms in total. The average molecular weight is 244 g/mol. The Bertz CT molecular complexity index is 456. The molecule has 1 aromatic carbocycles. The molecule has 0 saturated heterocycles. The summed E-state index contributed by atoms with van der Waals surface area (Å²) in [5, 5.41) is 0. The van der Waals surface area contributed by atoms with Crippen LogP contribution < -0.4 is 11.3 Å². The van der Waals surface area contributed by atoms with Gasteiger partial charge in [0.25, 0.3) is 0 Å². The van der Waals surface area contributed by atoms with Crippen LogP contribution in [0.5, 0.6) is 0 Å². The number of nitrogens with one attached hydrogen (secondary N) is 1. The van der Waals surface area contributed by atoms with Crippen molar-refractivity contribution in [3.8, 4) is 0 Å². The number of ether oxygens (including phenoxy) is 1. The van der Waals surface area contributed by atoms with Crippen molar-refractivity contribution in [3.05, 3.63) is 47.2 Å². The van der Waals surface area contributed by atoms with E-state index in [1.165, 1.54) is 11.1 Å². The molecule has 1 aliphatic heterocycles. The van der Waals surface area contributed by atoms with E-state index in [1.54, 1.807) is 0 Å². The van der Waals surface area contributed by atoms with Gasteiger partial charge >= 0.3 is 0 Å². The van der Waals surface area contributed by atoms with Gasteiger partial charge in [-0.1, -0.05) is 24.3 Å². The van der Waals surface area contributed by atoms with Gasteiger partial charge in [0.1, 0.15) is 5.76 Å². The standard InChI is InChI=1S/C15H20N2O/c16-17-15(14-7-3-4-10-18-14)13-9-8-11-5-1-2-6-12(11)13/h1-2,5-7,13,15,17H,3-4,8-10,16H2. The van der Waals surface area contributed by atoms with E-state index in [0.29, 0.717) is 5.92 Å². The summed E-state index contributed by atoms with van der Waals surface area (Å²) in [6.07, 6.45) is 6.69. The summed E-state index contributed by atoms with van der Waals surface area (Å²) < 4.78 is 5.78. The van der Waals surface area contributed by atoms with Crippen LogP contribution in [-0.2, 0) is 11.2 Å². The lowest BCUT2D eigenvalue weighted by molar-refractivity contribution is 0.160. The van der Waals surface area contributed by atoms with Gasteiger partial charge < -0.3 is 4.74 Å². The van der Waals surface area contributed by atoms with Gasteiger partial charge in [-0.25, -0.2) is 5.43 Å². The maximum Gasteiger partial charge on any atom is 0.111 e. The molecular formula is C15H20N2O. The van der Waals surface area contributed by atoms with Crippen LogP contribution in [0.1, 0.15) is 36.3 Å². The van der Waals surface area contributed by atoms with Crippen LogP contribution in [0, 0.1) is 0 Å². The summed E-state index contributed by atoms with van der Waals surface area (Å²) in [5.74, 6) is 7.24. The van der Waals surface area contributed by atoms with Gasteiger partial charge in [-0.3, -0.25) is 5.84 Å². The van der Waals surface area contributed by atoms with Crippen LogP contribution in [-0.4, -0.2) is 12.6 Å². The third kappa shape index (κ3) is 2.04. The van der Waals surface area contributed by atoms with E-state index in [4.69, 9.17) is 10.6 Å². The Labute approximate surface area is 108 Å². The Kier molecular flexibility index (Phi) is 3.35. The number of hydrogen-bond acceptors (Lipinski definition) is 3. The van der Waals surface area contributed by atoms with Crippen molar-refractivity contribution < 1.29 is 4.74 Å². The van der Waals surface area contributed by atoms with E-state index in [-0.39, 0.29) is 6.04 Å². The normalized spacial score (nSPS) is 24.1. The second kappa shape index (κ2) is 5.12. The van der Waals surface area contributed by atoms with Crippen LogP contribution in [0.3, 0.4) is 0 Å². The highest BCUT2D eigenvalue weighted by atomic mass is 16.5. The van der Waals surface area contributed by atoms with Crippen molar-refractivity contribution in [2.45, 2.75) is 37.6 Å². The molecule has 0 fully saturated rings. The minimum Gasteiger partial charge on any atom is -0.497 e. The van der Waals surface area contributed by atoms with E-state index in [1.807, 2.05) is 0 Å². The Morgan fingerprint density at radius 2 is 2.22 bits per heavy atom. The maximum atomic E-state index is 5.78. The van der Waals surface area contributed by atoms with Crippen molar-refractivity contribution >= 4 is 0 Å². The molecule has 3 heteroatoms. The minimum atomic E-state index is 0.119. The van der Waals surface area contributed by atoms with Gasteiger partial charge in [-0.2, -0.15) is 0 Å². The fraction of sp³-hybridized carbons (Fsp3) is 0.467. The predicted octanol–water partition coefficient (Wildman–Crippen LogP) is 2.24. The van der Waals surface area contributed by atoms with Crippen molar-refractivity contribution in [2.75, 3.05) is 6.61 Å². The van der Waals surface area contributed by atoms with Crippen LogP contribution >= 0.6 is 0 Å². The first kappa shape index (κ1) is 11.8. The summed E-state index contributed by atoms with van der Waals surface area (Å²) in [6, 6.07) is 8.79. The van der Waals surface area contributed by atoms with Gasteiger partial charge in [0, 0.05) is 5.92 Å². The van der Waals surface area contributed by atoms with E-state index < -0.39 is 0 Å². The topological polar surface area (TPSA) is 47.3 Å². The molecule has 2 atom stereocenters. The maximum absolute atomic E-state index is 5.78. The number of aryl methyl sites for hydroxylation is 1. The Morgan fingerprint density at radius 3 is 3.00 bits per heavy atom. The highest BCUT2D eigenvalue weighted by Crippen LogP contribution is 2.38. The fourth-order valence-corrected chi connectivity index (χ4v) is 3.13. The predicted molar refractivity (Wildman–Crippen MR) is 71.9 cm³/mol. The van der Waals surface area contributed by atoms with Gasteiger partial charge in [-0.05, 0) is 42.9 Å². The second-order valence-corrected chi connectivity index (χ2v) is 5.09. The Hall–Kier alpha value is -1.32. The zero-order valence-corrected chi connectivity index (χ0v) is 10.6. The van der Waals surface area contributed by atoms with Gasteiger partial charge in [0.15, 0.2) is 0 Å². The van der Waals surface area contributed by atoms with Crippen molar-refractivity contribution in [1.82, 2.24) is 5.43 Å². The number of rotatable bonds is 3. The van der Waals surface area contributed by atoms with E-state index in [0.717, 1.165) is 38.0 Å². The van der Waals surface area contributed by atoms with E-state index in [9.17, 15) is 0 Å². The first-order valence-electron chi connectivity index (χ1n) is 6.77. The molecule has 96 valence electrons. The van der Waals surface area contributed by atoms with Gasteiger partial charge in [0.05, 0.1) is 12.6 Å². The van der Waals surface area contributed by atoms with Crippen LogP contribution in [0.2, 0.25) is 0 Å². The molecule has 1 heterocycles. The monoisotopic (exact) mass is 244 g/mol. The molecule has 3 N–H and O–H groups in total. The number of benzene rings is 1.